The van der Waals surface area contributed by atoms with E-state index in [1.165, 1.54) is 6.26 Å². The fraction of sp³-hybridized carbons (Fsp3) is 0.444. The predicted molar refractivity (Wildman–Crippen MR) is 85.8 cm³/mol. The molecule has 2 saturated heterocycles. The summed E-state index contributed by atoms with van der Waals surface area (Å²) >= 11 is 0. The lowest BCUT2D eigenvalue weighted by Gasteiger charge is -2.35. The Morgan fingerprint density at radius 2 is 2.25 bits per heavy atom. The summed E-state index contributed by atoms with van der Waals surface area (Å²) in [6, 6.07) is 7.32. The van der Waals surface area contributed by atoms with Gasteiger partial charge in [-0.05, 0) is 43.5 Å². The van der Waals surface area contributed by atoms with Crippen molar-refractivity contribution in [3.05, 3.63) is 48.7 Å². The molecule has 2 unspecified atom stereocenters. The van der Waals surface area contributed by atoms with Gasteiger partial charge in [-0.2, -0.15) is 0 Å². The van der Waals surface area contributed by atoms with Gasteiger partial charge in [-0.25, -0.2) is 0 Å². The molecular formula is C18H20N2O4. The number of furan rings is 1. The molecule has 2 aromatic rings. The normalized spacial score (nSPS) is 26.2. The van der Waals surface area contributed by atoms with Crippen molar-refractivity contribution in [3.63, 3.8) is 0 Å². The quantitative estimate of drug-likeness (QED) is 0.863. The number of likely N-dealkylation sites (tertiary alicyclic amines) is 1. The summed E-state index contributed by atoms with van der Waals surface area (Å²) in [5.74, 6) is 1.11. The van der Waals surface area contributed by atoms with Gasteiger partial charge in [0.05, 0.1) is 30.7 Å². The monoisotopic (exact) mass is 328 g/mol. The summed E-state index contributed by atoms with van der Waals surface area (Å²) in [5, 5.41) is 0. The smallest absolute Gasteiger partial charge is 0.289 e. The van der Waals surface area contributed by atoms with E-state index in [4.69, 9.17) is 13.9 Å². The number of hydrogen-bond donors (Lipinski definition) is 0. The van der Waals surface area contributed by atoms with Gasteiger partial charge in [0, 0.05) is 12.7 Å². The van der Waals surface area contributed by atoms with Crippen LogP contribution in [0.15, 0.2) is 47.3 Å². The van der Waals surface area contributed by atoms with Gasteiger partial charge in [0.25, 0.3) is 5.91 Å². The average Bonchev–Trinajstić information content (AvgIpc) is 3.30. The molecule has 4 rings (SSSR count). The lowest BCUT2D eigenvalue weighted by Crippen LogP contribution is -2.46. The Bertz CT molecular complexity index is 674. The molecule has 0 N–H and O–H groups in total. The van der Waals surface area contributed by atoms with Crippen molar-refractivity contribution in [3.8, 4) is 5.75 Å². The van der Waals surface area contributed by atoms with Crippen molar-refractivity contribution < 1.29 is 18.7 Å². The zero-order valence-electron chi connectivity index (χ0n) is 13.3. The first kappa shape index (κ1) is 15.2. The fourth-order valence-corrected chi connectivity index (χ4v) is 3.54. The van der Waals surface area contributed by atoms with E-state index < -0.39 is 0 Å². The van der Waals surface area contributed by atoms with Crippen molar-refractivity contribution in [1.29, 1.82) is 0 Å². The third-order valence-corrected chi connectivity index (χ3v) is 4.70. The van der Waals surface area contributed by atoms with Crippen LogP contribution in [0, 0.1) is 0 Å². The van der Waals surface area contributed by atoms with Crippen LogP contribution in [-0.2, 0) is 4.74 Å². The van der Waals surface area contributed by atoms with E-state index in [2.05, 4.69) is 4.98 Å². The van der Waals surface area contributed by atoms with Gasteiger partial charge in [-0.3, -0.25) is 9.78 Å². The number of pyridine rings is 1. The van der Waals surface area contributed by atoms with E-state index in [9.17, 15) is 4.79 Å². The third kappa shape index (κ3) is 3.01. The number of carbonyl (C=O) groups is 1. The minimum atomic E-state index is -0.0406. The fourth-order valence-electron chi connectivity index (χ4n) is 3.54. The lowest BCUT2D eigenvalue weighted by molar-refractivity contribution is -0.0804. The minimum absolute atomic E-state index is 0.0406. The predicted octanol–water partition coefficient (Wildman–Crippen LogP) is 2.52. The van der Waals surface area contributed by atoms with Crippen LogP contribution < -0.4 is 4.74 Å². The zero-order chi connectivity index (χ0) is 16.4. The number of nitrogens with zero attached hydrogens (tertiary/aromatic N) is 2. The Hall–Kier alpha value is -2.34. The second kappa shape index (κ2) is 6.65. The molecule has 24 heavy (non-hydrogen) atoms. The van der Waals surface area contributed by atoms with E-state index in [0.29, 0.717) is 18.9 Å². The maximum absolute atomic E-state index is 12.5. The summed E-state index contributed by atoms with van der Waals surface area (Å²) in [5.41, 5.74) is 0. The first-order chi connectivity index (χ1) is 11.8. The molecule has 4 heterocycles. The molecule has 0 aliphatic carbocycles. The number of fused-ring (bicyclic) bond motifs is 1. The highest BCUT2D eigenvalue weighted by Crippen LogP contribution is 2.32. The van der Waals surface area contributed by atoms with E-state index in [-0.39, 0.29) is 24.2 Å². The molecule has 3 atom stereocenters. The number of ether oxygens (including phenoxy) is 2. The average molecular weight is 328 g/mol. The van der Waals surface area contributed by atoms with Gasteiger partial charge < -0.3 is 18.8 Å². The largest absolute Gasteiger partial charge is 0.489 e. The molecule has 2 fully saturated rings. The maximum Gasteiger partial charge on any atom is 0.289 e. The molecular weight excluding hydrogens is 308 g/mol. The first-order valence-corrected chi connectivity index (χ1v) is 8.34. The van der Waals surface area contributed by atoms with Gasteiger partial charge in [-0.1, -0.05) is 0 Å². The highest BCUT2D eigenvalue weighted by molar-refractivity contribution is 5.91. The topological polar surface area (TPSA) is 64.8 Å². The zero-order valence-corrected chi connectivity index (χ0v) is 13.3. The number of hydrogen-bond acceptors (Lipinski definition) is 5. The summed E-state index contributed by atoms with van der Waals surface area (Å²) in [7, 11) is 0. The molecule has 2 aliphatic rings. The molecule has 6 heteroatoms. The highest BCUT2D eigenvalue weighted by atomic mass is 16.5. The van der Waals surface area contributed by atoms with Gasteiger partial charge in [0.15, 0.2) is 5.76 Å². The second-order valence-corrected chi connectivity index (χ2v) is 6.21. The van der Waals surface area contributed by atoms with Crippen molar-refractivity contribution in [2.24, 2.45) is 0 Å². The Balaban J connectivity index is 1.33. The molecule has 1 amide bonds. The SMILES string of the molecule is O=C(c1ccco1)N1CCC2O[C@@H](COc3cccnc3)CCC21. The van der Waals surface area contributed by atoms with E-state index in [1.807, 2.05) is 17.0 Å². The Kier molecular flexibility index (Phi) is 4.21. The van der Waals surface area contributed by atoms with E-state index >= 15 is 0 Å². The van der Waals surface area contributed by atoms with Crippen molar-refractivity contribution in [2.45, 2.75) is 37.5 Å². The number of carbonyl (C=O) groups excluding carboxylic acids is 1. The van der Waals surface area contributed by atoms with E-state index in [0.717, 1.165) is 25.0 Å². The summed E-state index contributed by atoms with van der Waals surface area (Å²) in [6.45, 7) is 1.23. The maximum atomic E-state index is 12.5. The van der Waals surface area contributed by atoms with Crippen LogP contribution in [0.1, 0.15) is 29.8 Å². The molecule has 0 bridgehead atoms. The van der Waals surface area contributed by atoms with Crippen molar-refractivity contribution in [2.75, 3.05) is 13.2 Å². The summed E-state index contributed by atoms with van der Waals surface area (Å²) in [6.07, 6.45) is 7.76. The van der Waals surface area contributed by atoms with Crippen LogP contribution in [0.4, 0.5) is 0 Å². The summed E-state index contributed by atoms with van der Waals surface area (Å²) < 4.78 is 17.1. The Labute approximate surface area is 140 Å². The molecule has 2 aliphatic heterocycles. The van der Waals surface area contributed by atoms with Gasteiger partial charge in [-0.15, -0.1) is 0 Å². The van der Waals surface area contributed by atoms with Crippen LogP contribution in [-0.4, -0.2) is 47.2 Å². The molecule has 0 radical (unpaired) electrons. The molecule has 126 valence electrons. The van der Waals surface area contributed by atoms with Crippen LogP contribution in [0.5, 0.6) is 5.75 Å². The lowest BCUT2D eigenvalue weighted by atomic mass is 9.99. The highest BCUT2D eigenvalue weighted by Gasteiger charge is 2.42. The summed E-state index contributed by atoms with van der Waals surface area (Å²) in [4.78, 5) is 18.4. The molecule has 2 aromatic heterocycles. The molecule has 6 nitrogen and oxygen atoms in total. The molecule has 0 saturated carbocycles. The Morgan fingerprint density at radius 3 is 3.04 bits per heavy atom. The number of rotatable bonds is 4. The standard InChI is InChI=1S/C18H20N2O4/c21-18(17-4-2-10-22-17)20-9-7-16-15(20)6-5-14(24-16)12-23-13-3-1-8-19-11-13/h1-4,8,10-11,14-16H,5-7,9,12H2/t14-,15?,16?/m1/s1. The van der Waals surface area contributed by atoms with Crippen LogP contribution >= 0.6 is 0 Å². The number of amides is 1. The molecule has 0 aromatic carbocycles. The molecule has 0 spiro atoms. The van der Waals surface area contributed by atoms with Crippen LogP contribution in [0.2, 0.25) is 0 Å². The van der Waals surface area contributed by atoms with Gasteiger partial charge >= 0.3 is 0 Å². The van der Waals surface area contributed by atoms with E-state index in [1.54, 1.807) is 24.5 Å². The Morgan fingerprint density at radius 1 is 1.29 bits per heavy atom. The minimum Gasteiger partial charge on any atom is -0.489 e. The van der Waals surface area contributed by atoms with Crippen LogP contribution in [0.3, 0.4) is 0 Å². The van der Waals surface area contributed by atoms with Gasteiger partial charge in [0.1, 0.15) is 12.4 Å². The van der Waals surface area contributed by atoms with Crippen LogP contribution in [0.25, 0.3) is 0 Å². The van der Waals surface area contributed by atoms with Crippen molar-refractivity contribution in [1.82, 2.24) is 9.88 Å². The van der Waals surface area contributed by atoms with Gasteiger partial charge in [0.2, 0.25) is 0 Å². The first-order valence-electron chi connectivity index (χ1n) is 8.34. The van der Waals surface area contributed by atoms with Crippen molar-refractivity contribution >= 4 is 5.91 Å². The number of aromatic nitrogens is 1. The second-order valence-electron chi connectivity index (χ2n) is 6.21. The third-order valence-electron chi connectivity index (χ3n) is 4.70.